The fourth-order valence-electron chi connectivity index (χ4n) is 1.58. The van der Waals surface area contributed by atoms with Gasteiger partial charge in [-0.1, -0.05) is 0 Å². The Morgan fingerprint density at radius 2 is 2.50 bits per heavy atom. The largest absolute Gasteiger partial charge is 0.308 e. The number of amides is 1. The summed E-state index contributed by atoms with van der Waals surface area (Å²) in [6.07, 6.45) is 4.00. The number of rotatable bonds is 2. The number of halogens is 1. The van der Waals surface area contributed by atoms with Gasteiger partial charge in [-0.05, 0) is 6.92 Å². The minimum atomic E-state index is -0.0625. The zero-order chi connectivity index (χ0) is 10.1. The molecule has 2 rings (SSSR count). The molecule has 0 N–H and O–H groups in total. The lowest BCUT2D eigenvalue weighted by molar-refractivity contribution is -0.117. The molecule has 0 spiro atoms. The molecule has 0 aromatic carbocycles. The summed E-state index contributed by atoms with van der Waals surface area (Å²) in [5.74, 6) is 0.0839. The molecule has 1 atom stereocenters. The summed E-state index contributed by atoms with van der Waals surface area (Å²) in [5.41, 5.74) is 0.847. The summed E-state index contributed by atoms with van der Waals surface area (Å²) in [7, 11) is 0. The zero-order valence-corrected chi connectivity index (χ0v) is 8.74. The second-order valence-corrected chi connectivity index (χ2v) is 3.98. The number of anilines is 1. The molecule has 4 nitrogen and oxygen atoms in total. The second-order valence-electron chi connectivity index (χ2n) is 3.36. The van der Waals surface area contributed by atoms with Crippen LogP contribution < -0.4 is 4.90 Å². The van der Waals surface area contributed by atoms with Crippen LogP contribution in [0.15, 0.2) is 12.4 Å². The first-order valence-electron chi connectivity index (χ1n) is 4.67. The highest BCUT2D eigenvalue weighted by atomic mass is 35.5. The van der Waals surface area contributed by atoms with Crippen molar-refractivity contribution in [1.29, 1.82) is 0 Å². The second kappa shape index (κ2) is 3.61. The van der Waals surface area contributed by atoms with Crippen LogP contribution in [0.4, 0.5) is 5.69 Å². The van der Waals surface area contributed by atoms with Gasteiger partial charge in [0.1, 0.15) is 0 Å². The van der Waals surface area contributed by atoms with Crippen molar-refractivity contribution >= 4 is 23.2 Å². The average Bonchev–Trinajstić information content (AvgIpc) is 2.71. The first-order chi connectivity index (χ1) is 6.70. The number of carbonyl (C=O) groups excluding carboxylic acids is 1. The van der Waals surface area contributed by atoms with Gasteiger partial charge in [0.05, 0.1) is 17.3 Å². The smallest absolute Gasteiger partial charge is 0.228 e. The predicted octanol–water partition coefficient (Wildman–Crippen LogP) is 1.25. The Hall–Kier alpha value is -1.03. The molecular weight excluding hydrogens is 202 g/mol. The van der Waals surface area contributed by atoms with Gasteiger partial charge in [0.15, 0.2) is 0 Å². The topological polar surface area (TPSA) is 38.1 Å². The molecule has 1 aromatic rings. The molecule has 0 saturated carbocycles. The van der Waals surface area contributed by atoms with Gasteiger partial charge >= 0.3 is 0 Å². The van der Waals surface area contributed by atoms with Crippen molar-refractivity contribution in [2.75, 3.05) is 11.4 Å². The summed E-state index contributed by atoms with van der Waals surface area (Å²) < 4.78 is 1.80. The van der Waals surface area contributed by atoms with Gasteiger partial charge in [0.25, 0.3) is 0 Å². The van der Waals surface area contributed by atoms with E-state index in [9.17, 15) is 4.79 Å². The third kappa shape index (κ3) is 1.62. The van der Waals surface area contributed by atoms with Crippen molar-refractivity contribution in [1.82, 2.24) is 9.78 Å². The van der Waals surface area contributed by atoms with Crippen molar-refractivity contribution < 1.29 is 4.79 Å². The number of hydrogen-bond acceptors (Lipinski definition) is 2. The SMILES string of the molecule is CCn1cc(N2CC(Cl)CC2=O)cn1. The molecule has 0 radical (unpaired) electrons. The molecule has 1 amide bonds. The highest BCUT2D eigenvalue weighted by Crippen LogP contribution is 2.23. The molecule has 1 aromatic heterocycles. The van der Waals surface area contributed by atoms with Gasteiger partial charge in [-0.2, -0.15) is 5.10 Å². The molecule has 76 valence electrons. The van der Waals surface area contributed by atoms with Gasteiger partial charge in [0, 0.05) is 25.7 Å². The van der Waals surface area contributed by atoms with Crippen LogP contribution in [-0.2, 0) is 11.3 Å². The minimum Gasteiger partial charge on any atom is -0.308 e. The van der Waals surface area contributed by atoms with E-state index in [1.54, 1.807) is 15.8 Å². The minimum absolute atomic E-state index is 0.0625. The molecule has 1 aliphatic rings. The summed E-state index contributed by atoms with van der Waals surface area (Å²) >= 11 is 5.90. The molecule has 0 bridgehead atoms. The van der Waals surface area contributed by atoms with E-state index in [1.165, 1.54) is 0 Å². The molecular formula is C9H12ClN3O. The van der Waals surface area contributed by atoms with E-state index in [0.29, 0.717) is 13.0 Å². The third-order valence-corrected chi connectivity index (χ3v) is 2.63. The maximum atomic E-state index is 11.5. The van der Waals surface area contributed by atoms with E-state index >= 15 is 0 Å². The van der Waals surface area contributed by atoms with Crippen molar-refractivity contribution in [2.45, 2.75) is 25.3 Å². The van der Waals surface area contributed by atoms with Crippen LogP contribution in [0.2, 0.25) is 0 Å². The van der Waals surface area contributed by atoms with E-state index in [0.717, 1.165) is 12.2 Å². The zero-order valence-electron chi connectivity index (χ0n) is 7.98. The molecule has 5 heteroatoms. The van der Waals surface area contributed by atoms with E-state index in [1.807, 2.05) is 13.1 Å². The summed E-state index contributed by atoms with van der Waals surface area (Å²) in [6.45, 7) is 3.41. The van der Waals surface area contributed by atoms with Crippen molar-refractivity contribution in [2.24, 2.45) is 0 Å². The van der Waals surface area contributed by atoms with Crippen molar-refractivity contribution in [3.05, 3.63) is 12.4 Å². The van der Waals surface area contributed by atoms with E-state index in [4.69, 9.17) is 11.6 Å². The molecule has 1 saturated heterocycles. The van der Waals surface area contributed by atoms with Crippen LogP contribution in [-0.4, -0.2) is 27.6 Å². The van der Waals surface area contributed by atoms with Crippen LogP contribution in [0.1, 0.15) is 13.3 Å². The van der Waals surface area contributed by atoms with Gasteiger partial charge in [-0.3, -0.25) is 9.48 Å². The molecule has 2 heterocycles. The average molecular weight is 214 g/mol. The van der Waals surface area contributed by atoms with Crippen LogP contribution >= 0.6 is 11.6 Å². The lowest BCUT2D eigenvalue weighted by atomic mass is 10.4. The quantitative estimate of drug-likeness (QED) is 0.694. The molecule has 0 aliphatic carbocycles. The Morgan fingerprint density at radius 3 is 3.00 bits per heavy atom. The monoisotopic (exact) mass is 213 g/mol. The third-order valence-electron chi connectivity index (χ3n) is 2.33. The number of nitrogens with zero attached hydrogens (tertiary/aromatic N) is 3. The number of aromatic nitrogens is 2. The van der Waals surface area contributed by atoms with Crippen LogP contribution in [0, 0.1) is 0 Å². The summed E-state index contributed by atoms with van der Waals surface area (Å²) in [4.78, 5) is 13.2. The van der Waals surface area contributed by atoms with Crippen LogP contribution in [0.3, 0.4) is 0 Å². The highest BCUT2D eigenvalue weighted by Gasteiger charge is 2.29. The van der Waals surface area contributed by atoms with Crippen molar-refractivity contribution in [3.63, 3.8) is 0 Å². The standard InChI is InChI=1S/C9H12ClN3O/c1-2-12-6-8(4-11-12)13-5-7(10)3-9(13)14/h4,6-7H,2-3,5H2,1H3. The maximum Gasteiger partial charge on any atom is 0.228 e. The first-order valence-corrected chi connectivity index (χ1v) is 5.11. The number of carbonyl (C=O) groups is 1. The Labute approximate surface area is 87.4 Å². The van der Waals surface area contributed by atoms with Crippen LogP contribution in [0.25, 0.3) is 0 Å². The fourth-order valence-corrected chi connectivity index (χ4v) is 1.85. The normalized spacial score (nSPS) is 22.0. The summed E-state index contributed by atoms with van der Waals surface area (Å²) in [5, 5.41) is 4.06. The first kappa shape index (κ1) is 9.52. The molecule has 14 heavy (non-hydrogen) atoms. The number of hydrogen-bond donors (Lipinski definition) is 0. The number of aryl methyl sites for hydroxylation is 1. The molecule has 1 aliphatic heterocycles. The fraction of sp³-hybridized carbons (Fsp3) is 0.556. The number of alkyl halides is 1. The lowest BCUT2D eigenvalue weighted by Crippen LogP contribution is -2.24. The lowest BCUT2D eigenvalue weighted by Gasteiger charge is -2.12. The summed E-state index contributed by atoms with van der Waals surface area (Å²) in [6, 6.07) is 0. The van der Waals surface area contributed by atoms with Crippen molar-refractivity contribution in [3.8, 4) is 0 Å². The van der Waals surface area contributed by atoms with Gasteiger partial charge < -0.3 is 4.90 Å². The van der Waals surface area contributed by atoms with Crippen LogP contribution in [0.5, 0.6) is 0 Å². The van der Waals surface area contributed by atoms with E-state index in [2.05, 4.69) is 5.10 Å². The van der Waals surface area contributed by atoms with E-state index < -0.39 is 0 Å². The predicted molar refractivity (Wildman–Crippen MR) is 54.5 cm³/mol. The Bertz CT molecular complexity index is 350. The molecule has 1 fully saturated rings. The Morgan fingerprint density at radius 1 is 1.71 bits per heavy atom. The Balaban J connectivity index is 2.18. The van der Waals surface area contributed by atoms with Gasteiger partial charge in [-0.15, -0.1) is 11.6 Å². The molecule has 1 unspecified atom stereocenters. The maximum absolute atomic E-state index is 11.5. The van der Waals surface area contributed by atoms with Gasteiger partial charge in [0.2, 0.25) is 5.91 Å². The Kier molecular flexibility index (Phi) is 2.46. The highest BCUT2D eigenvalue weighted by molar-refractivity contribution is 6.24. The van der Waals surface area contributed by atoms with Gasteiger partial charge in [-0.25, -0.2) is 0 Å². The van der Waals surface area contributed by atoms with E-state index in [-0.39, 0.29) is 11.3 Å².